The van der Waals surface area contributed by atoms with Crippen LogP contribution in [0.3, 0.4) is 0 Å². The van der Waals surface area contributed by atoms with Crippen LogP contribution in [0.5, 0.6) is 0 Å². The number of rotatable bonds is 5. The van der Waals surface area contributed by atoms with Crippen molar-refractivity contribution in [2.45, 2.75) is 19.8 Å². The van der Waals surface area contributed by atoms with E-state index in [9.17, 15) is 0 Å². The van der Waals surface area contributed by atoms with E-state index in [0.29, 0.717) is 0 Å². The predicted molar refractivity (Wildman–Crippen MR) is 74.7 cm³/mol. The molecule has 1 aromatic heterocycles. The van der Waals surface area contributed by atoms with Crippen LogP contribution in [0.15, 0.2) is 35.7 Å². The number of thiophene rings is 1. The molecule has 0 aliphatic carbocycles. The average molecular weight is 246 g/mol. The summed E-state index contributed by atoms with van der Waals surface area (Å²) >= 11 is 1.80. The number of hydrogen-bond donors (Lipinski definition) is 0. The zero-order valence-corrected chi connectivity index (χ0v) is 11.2. The molecule has 0 spiro atoms. The normalized spacial score (nSPS) is 10.7. The molecule has 0 atom stereocenters. The van der Waals surface area contributed by atoms with Crippen LogP contribution in [0, 0.1) is 6.92 Å². The Hall–Kier alpha value is -1.12. The number of aryl methyl sites for hydroxylation is 2. The molecule has 90 valence electrons. The molecule has 0 saturated carbocycles. The molecule has 0 amide bonds. The van der Waals surface area contributed by atoms with E-state index >= 15 is 0 Å². The Morgan fingerprint density at radius 2 is 1.88 bits per heavy atom. The second kappa shape index (κ2) is 5.99. The van der Waals surface area contributed by atoms with Crippen LogP contribution in [-0.2, 0) is 11.2 Å². The smallest absolute Gasteiger partial charge is 0.0465 e. The van der Waals surface area contributed by atoms with Gasteiger partial charge in [-0.15, -0.1) is 11.3 Å². The third-order valence-electron chi connectivity index (χ3n) is 2.94. The van der Waals surface area contributed by atoms with E-state index in [0.717, 1.165) is 19.4 Å². The van der Waals surface area contributed by atoms with Gasteiger partial charge in [0.05, 0.1) is 0 Å². The van der Waals surface area contributed by atoms with Gasteiger partial charge in [0.1, 0.15) is 0 Å². The molecule has 0 N–H and O–H groups in total. The number of benzene rings is 1. The van der Waals surface area contributed by atoms with E-state index in [1.807, 2.05) is 0 Å². The van der Waals surface area contributed by atoms with E-state index in [1.54, 1.807) is 18.4 Å². The quantitative estimate of drug-likeness (QED) is 0.715. The first kappa shape index (κ1) is 12.3. The number of hydrogen-bond acceptors (Lipinski definition) is 2. The van der Waals surface area contributed by atoms with E-state index in [1.165, 1.54) is 21.6 Å². The minimum Gasteiger partial charge on any atom is -0.385 e. The van der Waals surface area contributed by atoms with Crippen LogP contribution in [0.2, 0.25) is 0 Å². The number of methoxy groups -OCH3 is 1. The third-order valence-corrected chi connectivity index (χ3v) is 3.78. The van der Waals surface area contributed by atoms with Crippen molar-refractivity contribution in [3.05, 3.63) is 46.2 Å². The van der Waals surface area contributed by atoms with Crippen LogP contribution in [0.1, 0.15) is 16.9 Å². The Morgan fingerprint density at radius 3 is 2.47 bits per heavy atom. The molecule has 0 aliphatic rings. The van der Waals surface area contributed by atoms with Crippen molar-refractivity contribution >= 4 is 11.3 Å². The fraction of sp³-hybridized carbons (Fsp3) is 0.333. The van der Waals surface area contributed by atoms with Gasteiger partial charge in [-0.3, -0.25) is 0 Å². The van der Waals surface area contributed by atoms with Gasteiger partial charge in [-0.05, 0) is 47.9 Å². The third kappa shape index (κ3) is 3.18. The fourth-order valence-electron chi connectivity index (χ4n) is 1.96. The summed E-state index contributed by atoms with van der Waals surface area (Å²) in [6.45, 7) is 3.01. The first-order valence-corrected chi connectivity index (χ1v) is 6.81. The summed E-state index contributed by atoms with van der Waals surface area (Å²) in [5.41, 5.74) is 4.07. The van der Waals surface area contributed by atoms with Crippen LogP contribution in [-0.4, -0.2) is 13.7 Å². The second-order valence-corrected chi connectivity index (χ2v) is 5.30. The molecule has 1 aromatic carbocycles. The van der Waals surface area contributed by atoms with Crippen molar-refractivity contribution in [2.24, 2.45) is 0 Å². The van der Waals surface area contributed by atoms with Gasteiger partial charge in [0.25, 0.3) is 0 Å². The van der Waals surface area contributed by atoms with Gasteiger partial charge >= 0.3 is 0 Å². The van der Waals surface area contributed by atoms with Gasteiger partial charge in [-0.1, -0.05) is 24.3 Å². The average Bonchev–Trinajstić information content (AvgIpc) is 2.77. The first-order chi connectivity index (χ1) is 8.31. The maximum atomic E-state index is 5.06. The highest BCUT2D eigenvalue weighted by Gasteiger charge is 2.02. The standard InChI is InChI=1S/C15H18OS/c1-12-15(9-11-17-12)14-7-5-13(6-8-14)4-3-10-16-2/h5-9,11H,3-4,10H2,1-2H3. The second-order valence-electron chi connectivity index (χ2n) is 4.18. The van der Waals surface area contributed by atoms with Crippen molar-refractivity contribution in [1.29, 1.82) is 0 Å². The molecule has 0 aliphatic heterocycles. The van der Waals surface area contributed by atoms with Gasteiger partial charge in [-0.2, -0.15) is 0 Å². The Morgan fingerprint density at radius 1 is 1.12 bits per heavy atom. The lowest BCUT2D eigenvalue weighted by molar-refractivity contribution is 0.195. The van der Waals surface area contributed by atoms with Crippen molar-refractivity contribution < 1.29 is 4.74 Å². The first-order valence-electron chi connectivity index (χ1n) is 5.93. The van der Waals surface area contributed by atoms with Crippen LogP contribution >= 0.6 is 11.3 Å². The van der Waals surface area contributed by atoms with Gasteiger partial charge in [0.2, 0.25) is 0 Å². The SMILES string of the molecule is COCCCc1ccc(-c2ccsc2C)cc1. The lowest BCUT2D eigenvalue weighted by Crippen LogP contribution is -1.92. The van der Waals surface area contributed by atoms with Crippen LogP contribution in [0.4, 0.5) is 0 Å². The fourth-order valence-corrected chi connectivity index (χ4v) is 2.68. The largest absolute Gasteiger partial charge is 0.385 e. The van der Waals surface area contributed by atoms with Crippen molar-refractivity contribution in [3.63, 3.8) is 0 Å². The van der Waals surface area contributed by atoms with Crippen molar-refractivity contribution in [2.75, 3.05) is 13.7 Å². The predicted octanol–water partition coefficient (Wildman–Crippen LogP) is 4.30. The van der Waals surface area contributed by atoms with Crippen molar-refractivity contribution in [1.82, 2.24) is 0 Å². The minimum absolute atomic E-state index is 0.839. The van der Waals surface area contributed by atoms with Gasteiger partial charge in [0.15, 0.2) is 0 Å². The molecule has 0 fully saturated rings. The van der Waals surface area contributed by atoms with Gasteiger partial charge in [-0.25, -0.2) is 0 Å². The molecule has 1 nitrogen and oxygen atoms in total. The molecule has 1 heterocycles. The molecule has 0 bridgehead atoms. The molecular formula is C15H18OS. The summed E-state index contributed by atoms with van der Waals surface area (Å²) in [5.74, 6) is 0. The molecular weight excluding hydrogens is 228 g/mol. The lowest BCUT2D eigenvalue weighted by Gasteiger charge is -2.04. The summed E-state index contributed by atoms with van der Waals surface area (Å²) in [6, 6.07) is 11.1. The Balaban J connectivity index is 2.06. The van der Waals surface area contributed by atoms with Gasteiger partial charge in [0, 0.05) is 18.6 Å². The molecule has 0 radical (unpaired) electrons. The molecule has 17 heavy (non-hydrogen) atoms. The van der Waals surface area contributed by atoms with Crippen LogP contribution < -0.4 is 0 Å². The minimum atomic E-state index is 0.839. The zero-order chi connectivity index (χ0) is 12.1. The summed E-state index contributed by atoms with van der Waals surface area (Å²) in [7, 11) is 1.75. The monoisotopic (exact) mass is 246 g/mol. The molecule has 2 heteroatoms. The topological polar surface area (TPSA) is 9.23 Å². The molecule has 2 aromatic rings. The molecule has 2 rings (SSSR count). The van der Waals surface area contributed by atoms with Gasteiger partial charge < -0.3 is 4.74 Å². The summed E-state index contributed by atoms with van der Waals surface area (Å²) in [4.78, 5) is 1.39. The lowest BCUT2D eigenvalue weighted by atomic mass is 10.0. The van der Waals surface area contributed by atoms with Crippen LogP contribution in [0.25, 0.3) is 11.1 Å². The molecule has 0 saturated heterocycles. The van der Waals surface area contributed by atoms with E-state index in [2.05, 4.69) is 42.6 Å². The van der Waals surface area contributed by atoms with E-state index in [-0.39, 0.29) is 0 Å². The number of ether oxygens (including phenoxy) is 1. The summed E-state index contributed by atoms with van der Waals surface area (Å²) in [6.07, 6.45) is 2.18. The maximum Gasteiger partial charge on any atom is 0.0465 e. The van der Waals surface area contributed by atoms with E-state index in [4.69, 9.17) is 4.74 Å². The molecule has 0 unspecified atom stereocenters. The Kier molecular flexibility index (Phi) is 4.35. The highest BCUT2D eigenvalue weighted by Crippen LogP contribution is 2.27. The van der Waals surface area contributed by atoms with E-state index < -0.39 is 0 Å². The summed E-state index contributed by atoms with van der Waals surface area (Å²) < 4.78 is 5.06. The summed E-state index contributed by atoms with van der Waals surface area (Å²) in [5, 5.41) is 2.15. The highest BCUT2D eigenvalue weighted by molar-refractivity contribution is 7.10. The highest BCUT2D eigenvalue weighted by atomic mass is 32.1. The maximum absolute atomic E-state index is 5.06. The van der Waals surface area contributed by atoms with Crippen molar-refractivity contribution in [3.8, 4) is 11.1 Å². The Labute approximate surface area is 107 Å². The zero-order valence-electron chi connectivity index (χ0n) is 10.4. The Bertz CT molecular complexity index is 456.